The molecule has 102 valence electrons. The third kappa shape index (κ3) is 4.54. The molecule has 2 nitrogen and oxygen atoms in total. The van der Waals surface area contributed by atoms with Gasteiger partial charge in [0.15, 0.2) is 0 Å². The third-order valence-electron chi connectivity index (χ3n) is 3.67. The van der Waals surface area contributed by atoms with E-state index in [9.17, 15) is 5.11 Å². The third-order valence-corrected chi connectivity index (χ3v) is 4.96. The number of aliphatic hydroxyl groups is 1. The molecule has 1 aliphatic rings. The van der Waals surface area contributed by atoms with Gasteiger partial charge in [-0.25, -0.2) is 0 Å². The largest absolute Gasteiger partial charge is 0.389 e. The molecule has 4 heteroatoms. The van der Waals surface area contributed by atoms with E-state index in [-0.39, 0.29) is 0 Å². The highest BCUT2D eigenvalue weighted by atomic mass is 35.5. The molecule has 0 unspecified atom stereocenters. The Morgan fingerprint density at radius 1 is 1.22 bits per heavy atom. The van der Waals surface area contributed by atoms with Crippen molar-refractivity contribution in [2.75, 3.05) is 13.1 Å². The Balaban J connectivity index is 1.67. The highest BCUT2D eigenvalue weighted by molar-refractivity contribution is 7.16. The molecule has 1 heterocycles. The smallest absolute Gasteiger partial charge is 0.0931 e. The number of hydrogen-bond donors (Lipinski definition) is 2. The number of hydrogen-bond acceptors (Lipinski definition) is 3. The summed E-state index contributed by atoms with van der Waals surface area (Å²) in [6.45, 7) is 1.64. The second-order valence-electron chi connectivity index (χ2n) is 5.27. The zero-order valence-corrected chi connectivity index (χ0v) is 12.3. The molecule has 1 fully saturated rings. The van der Waals surface area contributed by atoms with E-state index < -0.39 is 5.60 Å². The quantitative estimate of drug-likeness (QED) is 0.640. The van der Waals surface area contributed by atoms with Crippen LogP contribution in [-0.4, -0.2) is 23.8 Å². The summed E-state index contributed by atoms with van der Waals surface area (Å²) in [5.41, 5.74) is -0.469. The van der Waals surface area contributed by atoms with Crippen molar-refractivity contribution in [1.29, 1.82) is 0 Å². The van der Waals surface area contributed by atoms with Crippen molar-refractivity contribution < 1.29 is 5.11 Å². The Hall–Kier alpha value is -0.0900. The van der Waals surface area contributed by atoms with Gasteiger partial charge >= 0.3 is 0 Å². The maximum absolute atomic E-state index is 10.5. The maximum Gasteiger partial charge on any atom is 0.0931 e. The fourth-order valence-corrected chi connectivity index (χ4v) is 3.67. The lowest BCUT2D eigenvalue weighted by Crippen LogP contribution is -2.40. The van der Waals surface area contributed by atoms with Gasteiger partial charge in [-0.3, -0.25) is 0 Å². The Kier molecular flexibility index (Phi) is 5.49. The minimum atomic E-state index is -0.469. The molecular formula is C14H22ClNOS. The van der Waals surface area contributed by atoms with Crippen LogP contribution in [0.15, 0.2) is 12.1 Å². The summed E-state index contributed by atoms with van der Waals surface area (Å²) in [7, 11) is 0. The van der Waals surface area contributed by atoms with Gasteiger partial charge < -0.3 is 10.4 Å². The fourth-order valence-electron chi connectivity index (χ4n) is 2.58. The highest BCUT2D eigenvalue weighted by Crippen LogP contribution is 2.26. The summed E-state index contributed by atoms with van der Waals surface area (Å²) >= 11 is 7.53. The van der Waals surface area contributed by atoms with Crippen molar-refractivity contribution in [3.8, 4) is 0 Å². The van der Waals surface area contributed by atoms with Gasteiger partial charge in [0.2, 0.25) is 0 Å². The molecule has 0 spiro atoms. The predicted octanol–water partition coefficient (Wildman–Crippen LogP) is 3.62. The van der Waals surface area contributed by atoms with E-state index in [1.807, 2.05) is 6.07 Å². The average molecular weight is 288 g/mol. The van der Waals surface area contributed by atoms with E-state index >= 15 is 0 Å². The first kappa shape index (κ1) is 14.3. The molecular weight excluding hydrogens is 266 g/mol. The number of thiophene rings is 1. The zero-order valence-electron chi connectivity index (χ0n) is 10.8. The average Bonchev–Trinajstić information content (AvgIpc) is 2.63. The van der Waals surface area contributed by atoms with Crippen LogP contribution in [0.2, 0.25) is 4.34 Å². The molecule has 1 saturated carbocycles. The van der Waals surface area contributed by atoms with E-state index in [2.05, 4.69) is 11.4 Å². The first-order valence-corrected chi connectivity index (χ1v) is 8.05. The first-order chi connectivity index (χ1) is 8.68. The molecule has 2 N–H and O–H groups in total. The van der Waals surface area contributed by atoms with Gasteiger partial charge in [0.05, 0.1) is 9.94 Å². The summed E-state index contributed by atoms with van der Waals surface area (Å²) in [6.07, 6.45) is 7.77. The van der Waals surface area contributed by atoms with Crippen molar-refractivity contribution in [2.45, 2.75) is 50.5 Å². The molecule has 1 aliphatic carbocycles. The van der Waals surface area contributed by atoms with Crippen molar-refractivity contribution in [3.05, 3.63) is 21.3 Å². The SMILES string of the molecule is OC1(CNCCc2ccc(Cl)s2)CCCCCC1. The molecule has 0 amide bonds. The minimum Gasteiger partial charge on any atom is -0.389 e. The number of rotatable bonds is 5. The molecule has 2 rings (SSSR count). The van der Waals surface area contributed by atoms with Crippen LogP contribution in [-0.2, 0) is 6.42 Å². The van der Waals surface area contributed by atoms with Crippen LogP contribution < -0.4 is 5.32 Å². The molecule has 0 saturated heterocycles. The highest BCUT2D eigenvalue weighted by Gasteiger charge is 2.27. The zero-order chi connectivity index (χ0) is 12.8. The monoisotopic (exact) mass is 287 g/mol. The summed E-state index contributed by atoms with van der Waals surface area (Å²) in [5, 5.41) is 13.9. The normalized spacial score (nSPS) is 19.7. The van der Waals surface area contributed by atoms with Crippen LogP contribution >= 0.6 is 22.9 Å². The lowest BCUT2D eigenvalue weighted by molar-refractivity contribution is 0.0256. The van der Waals surface area contributed by atoms with Gasteiger partial charge in [-0.15, -0.1) is 11.3 Å². The van der Waals surface area contributed by atoms with Crippen LogP contribution in [0.1, 0.15) is 43.4 Å². The van der Waals surface area contributed by atoms with Crippen LogP contribution in [0.3, 0.4) is 0 Å². The van der Waals surface area contributed by atoms with Crippen LogP contribution in [0, 0.1) is 0 Å². The van der Waals surface area contributed by atoms with E-state index in [0.29, 0.717) is 0 Å². The van der Waals surface area contributed by atoms with Crippen LogP contribution in [0.25, 0.3) is 0 Å². The van der Waals surface area contributed by atoms with Gasteiger partial charge in [0, 0.05) is 18.0 Å². The van der Waals surface area contributed by atoms with Gasteiger partial charge in [-0.05, 0) is 31.4 Å². The van der Waals surface area contributed by atoms with Crippen molar-refractivity contribution >= 4 is 22.9 Å². The molecule has 1 aromatic rings. The lowest BCUT2D eigenvalue weighted by atomic mass is 9.94. The lowest BCUT2D eigenvalue weighted by Gasteiger charge is -2.26. The fraction of sp³-hybridized carbons (Fsp3) is 0.714. The second-order valence-corrected chi connectivity index (χ2v) is 7.07. The van der Waals surface area contributed by atoms with Gasteiger partial charge in [-0.2, -0.15) is 0 Å². The van der Waals surface area contributed by atoms with Gasteiger partial charge in [0.1, 0.15) is 0 Å². The standard InChI is InChI=1S/C14H22ClNOS/c15-13-6-5-12(18-13)7-10-16-11-14(17)8-3-1-2-4-9-14/h5-6,16-17H,1-4,7-11H2. The molecule has 0 radical (unpaired) electrons. The first-order valence-electron chi connectivity index (χ1n) is 6.85. The van der Waals surface area contributed by atoms with Crippen molar-refractivity contribution in [1.82, 2.24) is 5.32 Å². The van der Waals surface area contributed by atoms with E-state index in [0.717, 1.165) is 36.7 Å². The molecule has 0 atom stereocenters. The molecule has 0 aromatic carbocycles. The second kappa shape index (κ2) is 6.90. The van der Waals surface area contributed by atoms with E-state index in [1.165, 1.54) is 30.6 Å². The van der Waals surface area contributed by atoms with Crippen LogP contribution in [0.4, 0.5) is 0 Å². The number of nitrogens with one attached hydrogen (secondary N) is 1. The summed E-state index contributed by atoms with van der Waals surface area (Å²) < 4.78 is 0.854. The van der Waals surface area contributed by atoms with Crippen LogP contribution in [0.5, 0.6) is 0 Å². The topological polar surface area (TPSA) is 32.3 Å². The molecule has 0 bridgehead atoms. The Morgan fingerprint density at radius 3 is 2.56 bits per heavy atom. The summed E-state index contributed by atoms with van der Waals surface area (Å²) in [4.78, 5) is 1.31. The molecule has 1 aromatic heterocycles. The van der Waals surface area contributed by atoms with Gasteiger partial charge in [-0.1, -0.05) is 37.3 Å². The minimum absolute atomic E-state index is 0.469. The molecule has 0 aliphatic heterocycles. The van der Waals surface area contributed by atoms with E-state index in [1.54, 1.807) is 11.3 Å². The summed E-state index contributed by atoms with van der Waals surface area (Å²) in [6, 6.07) is 4.02. The summed E-state index contributed by atoms with van der Waals surface area (Å²) in [5.74, 6) is 0. The van der Waals surface area contributed by atoms with Crippen molar-refractivity contribution in [2.24, 2.45) is 0 Å². The Labute approximate surface area is 118 Å². The Bertz CT molecular complexity index is 358. The van der Waals surface area contributed by atoms with E-state index in [4.69, 9.17) is 11.6 Å². The Morgan fingerprint density at radius 2 is 1.94 bits per heavy atom. The predicted molar refractivity (Wildman–Crippen MR) is 78.6 cm³/mol. The molecule has 18 heavy (non-hydrogen) atoms. The maximum atomic E-state index is 10.5. The van der Waals surface area contributed by atoms with Gasteiger partial charge in [0.25, 0.3) is 0 Å². The van der Waals surface area contributed by atoms with Crippen molar-refractivity contribution in [3.63, 3.8) is 0 Å². The number of halogens is 1.